The van der Waals surface area contributed by atoms with Crippen LogP contribution in [0.4, 0.5) is 5.69 Å². The number of fused-ring (bicyclic) bond motifs is 1. The Kier molecular flexibility index (Phi) is 3.89. The molecule has 5 heteroatoms. The van der Waals surface area contributed by atoms with E-state index < -0.39 is 0 Å². The monoisotopic (exact) mass is 294 g/mol. The summed E-state index contributed by atoms with van der Waals surface area (Å²) in [7, 11) is 3.73. The van der Waals surface area contributed by atoms with E-state index in [1.54, 1.807) is 0 Å². The fourth-order valence-corrected chi connectivity index (χ4v) is 2.42. The summed E-state index contributed by atoms with van der Waals surface area (Å²) in [4.78, 5) is 13.7. The Balaban J connectivity index is 1.89. The van der Waals surface area contributed by atoms with Gasteiger partial charge in [0.2, 0.25) is 5.91 Å². The molecule has 0 atom stereocenters. The van der Waals surface area contributed by atoms with E-state index in [0.29, 0.717) is 6.54 Å². The number of carbonyl (C=O) groups is 1. The van der Waals surface area contributed by atoms with Crippen LogP contribution in [0.2, 0.25) is 0 Å². The number of benzene rings is 2. The number of rotatable bonds is 4. The van der Waals surface area contributed by atoms with Crippen molar-refractivity contribution in [1.29, 1.82) is 0 Å². The first-order chi connectivity index (χ1) is 10.6. The number of aromatic nitrogens is 2. The van der Waals surface area contributed by atoms with Crippen molar-refractivity contribution in [2.45, 2.75) is 0 Å². The van der Waals surface area contributed by atoms with Gasteiger partial charge in [-0.1, -0.05) is 30.3 Å². The average Bonchev–Trinajstić information content (AvgIpc) is 2.90. The van der Waals surface area contributed by atoms with Crippen molar-refractivity contribution in [3.05, 3.63) is 48.5 Å². The van der Waals surface area contributed by atoms with Gasteiger partial charge in [-0.15, -0.1) is 0 Å². The summed E-state index contributed by atoms with van der Waals surface area (Å²) in [5.74, 6) is -0.0333. The van der Waals surface area contributed by atoms with Crippen molar-refractivity contribution in [3.8, 4) is 11.3 Å². The number of hydrogen-bond donors (Lipinski definition) is 2. The van der Waals surface area contributed by atoms with Crippen LogP contribution in [0.15, 0.2) is 48.5 Å². The third-order valence-electron chi connectivity index (χ3n) is 3.35. The molecule has 3 aromatic rings. The highest BCUT2D eigenvalue weighted by molar-refractivity contribution is 5.95. The van der Waals surface area contributed by atoms with Crippen molar-refractivity contribution in [1.82, 2.24) is 15.1 Å². The molecule has 112 valence electrons. The van der Waals surface area contributed by atoms with E-state index in [9.17, 15) is 4.79 Å². The van der Waals surface area contributed by atoms with Crippen LogP contribution in [0.25, 0.3) is 22.2 Å². The van der Waals surface area contributed by atoms with E-state index in [1.807, 2.05) is 67.5 Å². The number of amides is 1. The summed E-state index contributed by atoms with van der Waals surface area (Å²) in [6.45, 7) is 0.357. The Morgan fingerprint density at radius 2 is 2.00 bits per heavy atom. The van der Waals surface area contributed by atoms with E-state index in [-0.39, 0.29) is 5.91 Å². The molecule has 22 heavy (non-hydrogen) atoms. The van der Waals surface area contributed by atoms with Gasteiger partial charge in [0.1, 0.15) is 0 Å². The van der Waals surface area contributed by atoms with Gasteiger partial charge in [-0.2, -0.15) is 5.10 Å². The molecule has 0 saturated heterocycles. The summed E-state index contributed by atoms with van der Waals surface area (Å²) in [5, 5.41) is 11.4. The molecule has 0 fully saturated rings. The smallest absolute Gasteiger partial charge is 0.238 e. The van der Waals surface area contributed by atoms with Crippen LogP contribution in [0.5, 0.6) is 0 Å². The molecule has 0 saturated carbocycles. The molecular weight excluding hydrogens is 276 g/mol. The normalized spacial score (nSPS) is 11.0. The number of para-hydroxylation sites is 1. The van der Waals surface area contributed by atoms with E-state index in [1.165, 1.54) is 0 Å². The SMILES string of the molecule is CN(C)CC(=O)Nc1cccc(-c2n[nH]c3ccccc23)c1. The largest absolute Gasteiger partial charge is 0.325 e. The van der Waals surface area contributed by atoms with E-state index >= 15 is 0 Å². The molecule has 0 aliphatic heterocycles. The van der Waals surface area contributed by atoms with Crippen molar-refractivity contribution < 1.29 is 4.79 Å². The van der Waals surface area contributed by atoms with Crippen LogP contribution in [0.3, 0.4) is 0 Å². The Morgan fingerprint density at radius 3 is 2.82 bits per heavy atom. The number of aromatic amines is 1. The maximum atomic E-state index is 11.9. The van der Waals surface area contributed by atoms with Crippen LogP contribution in [0, 0.1) is 0 Å². The van der Waals surface area contributed by atoms with Gasteiger partial charge in [-0.05, 0) is 32.3 Å². The first kappa shape index (κ1) is 14.3. The third kappa shape index (κ3) is 2.99. The van der Waals surface area contributed by atoms with E-state index in [4.69, 9.17) is 0 Å². The van der Waals surface area contributed by atoms with Crippen molar-refractivity contribution >= 4 is 22.5 Å². The number of carbonyl (C=O) groups excluding carboxylic acids is 1. The highest BCUT2D eigenvalue weighted by Gasteiger charge is 2.09. The molecule has 3 rings (SSSR count). The fraction of sp³-hybridized carbons (Fsp3) is 0.176. The second-order valence-corrected chi connectivity index (χ2v) is 5.48. The van der Waals surface area contributed by atoms with Gasteiger partial charge in [-0.25, -0.2) is 0 Å². The second-order valence-electron chi connectivity index (χ2n) is 5.48. The molecule has 5 nitrogen and oxygen atoms in total. The number of nitrogens with zero attached hydrogens (tertiary/aromatic N) is 2. The third-order valence-corrected chi connectivity index (χ3v) is 3.35. The van der Waals surface area contributed by atoms with Crippen molar-refractivity contribution in [2.75, 3.05) is 26.0 Å². The first-order valence-electron chi connectivity index (χ1n) is 7.11. The molecule has 2 N–H and O–H groups in total. The zero-order valence-corrected chi connectivity index (χ0v) is 12.6. The van der Waals surface area contributed by atoms with Gasteiger partial charge in [0.05, 0.1) is 17.8 Å². The van der Waals surface area contributed by atoms with Crippen LogP contribution < -0.4 is 5.32 Å². The molecule has 0 aliphatic rings. The molecule has 0 spiro atoms. The molecule has 1 aromatic heterocycles. The Labute approximate surface area is 128 Å². The average molecular weight is 294 g/mol. The first-order valence-corrected chi connectivity index (χ1v) is 7.11. The molecule has 0 unspecified atom stereocenters. The minimum Gasteiger partial charge on any atom is -0.325 e. The number of hydrogen-bond acceptors (Lipinski definition) is 3. The van der Waals surface area contributed by atoms with Crippen LogP contribution in [-0.4, -0.2) is 41.6 Å². The lowest BCUT2D eigenvalue weighted by Crippen LogP contribution is -2.27. The maximum absolute atomic E-state index is 11.9. The standard InChI is InChI=1S/C17H18N4O/c1-21(2)11-16(22)18-13-7-5-6-12(10-13)17-14-8-3-4-9-15(14)19-20-17/h3-10H,11H2,1-2H3,(H,18,22)(H,19,20). The quantitative estimate of drug-likeness (QED) is 0.778. The van der Waals surface area contributed by atoms with Gasteiger partial charge in [0.25, 0.3) is 0 Å². The predicted molar refractivity (Wildman–Crippen MR) is 88.7 cm³/mol. The van der Waals surface area contributed by atoms with E-state index in [0.717, 1.165) is 27.8 Å². The van der Waals surface area contributed by atoms with Gasteiger partial charge >= 0.3 is 0 Å². The van der Waals surface area contributed by atoms with Gasteiger partial charge in [-0.3, -0.25) is 9.89 Å². The van der Waals surface area contributed by atoms with Crippen LogP contribution >= 0.6 is 0 Å². The molecule has 2 aromatic carbocycles. The number of likely N-dealkylation sites (N-methyl/N-ethyl adjacent to an activating group) is 1. The molecular formula is C17H18N4O. The highest BCUT2D eigenvalue weighted by Crippen LogP contribution is 2.27. The maximum Gasteiger partial charge on any atom is 0.238 e. The highest BCUT2D eigenvalue weighted by atomic mass is 16.2. The minimum absolute atomic E-state index is 0.0333. The Bertz CT molecular complexity index is 807. The summed E-state index contributed by atoms with van der Waals surface area (Å²) in [6, 6.07) is 15.7. The zero-order valence-electron chi connectivity index (χ0n) is 12.6. The molecule has 1 heterocycles. The van der Waals surface area contributed by atoms with Crippen LogP contribution in [0.1, 0.15) is 0 Å². The molecule has 0 aliphatic carbocycles. The minimum atomic E-state index is -0.0333. The zero-order chi connectivity index (χ0) is 15.5. The number of anilines is 1. The fourth-order valence-electron chi connectivity index (χ4n) is 2.42. The van der Waals surface area contributed by atoms with Gasteiger partial charge in [0, 0.05) is 16.6 Å². The van der Waals surface area contributed by atoms with Crippen molar-refractivity contribution in [3.63, 3.8) is 0 Å². The summed E-state index contributed by atoms with van der Waals surface area (Å²) < 4.78 is 0. The molecule has 0 radical (unpaired) electrons. The lowest BCUT2D eigenvalue weighted by Gasteiger charge is -2.10. The summed E-state index contributed by atoms with van der Waals surface area (Å²) in [6.07, 6.45) is 0. The Morgan fingerprint density at radius 1 is 1.18 bits per heavy atom. The van der Waals surface area contributed by atoms with Crippen molar-refractivity contribution in [2.24, 2.45) is 0 Å². The van der Waals surface area contributed by atoms with Gasteiger partial charge < -0.3 is 10.2 Å². The van der Waals surface area contributed by atoms with Gasteiger partial charge in [0.15, 0.2) is 0 Å². The summed E-state index contributed by atoms with van der Waals surface area (Å²) in [5.41, 5.74) is 3.63. The molecule has 0 bridgehead atoms. The number of nitrogens with one attached hydrogen (secondary N) is 2. The topological polar surface area (TPSA) is 61.0 Å². The predicted octanol–water partition coefficient (Wildman–Crippen LogP) is 2.73. The summed E-state index contributed by atoms with van der Waals surface area (Å²) >= 11 is 0. The molecule has 1 amide bonds. The second kappa shape index (κ2) is 5.99. The lowest BCUT2D eigenvalue weighted by molar-refractivity contribution is -0.116. The number of H-pyrrole nitrogens is 1. The Hall–Kier alpha value is -2.66. The van der Waals surface area contributed by atoms with Crippen LogP contribution in [-0.2, 0) is 4.79 Å². The lowest BCUT2D eigenvalue weighted by atomic mass is 10.1. The van der Waals surface area contributed by atoms with E-state index in [2.05, 4.69) is 15.5 Å².